The molecule has 0 unspecified atom stereocenters. The van der Waals surface area contributed by atoms with Crippen LogP contribution in [-0.2, 0) is 20.8 Å². The summed E-state index contributed by atoms with van der Waals surface area (Å²) in [5.74, 6) is -2.59. The predicted molar refractivity (Wildman–Crippen MR) is 111 cm³/mol. The molecule has 2 amide bonds. The number of nitrogens with zero attached hydrogens (tertiary/aromatic N) is 2. The standard InChI is InChI=1S/C18H32N8O4/c1-3-10(2)14(26-15(27)12(19)7-11-8-22-9-24-11)16(28)25-13(17(29)30)5-4-6-23-18(20)21/h8-10,12-14H,3-7,19H2,1-2H3,(H,22,24)(H,25,28)(H,26,27)(H,29,30)(H4,20,21,23)/t10-,12-,13-,14-/m0/s1. The molecule has 0 radical (unpaired) electrons. The molecule has 1 rings (SSSR count). The number of aromatic amines is 1. The van der Waals surface area contributed by atoms with Crippen LogP contribution in [0.4, 0.5) is 0 Å². The average Bonchev–Trinajstić information content (AvgIpc) is 3.19. The van der Waals surface area contributed by atoms with E-state index in [1.54, 1.807) is 13.1 Å². The monoisotopic (exact) mass is 424 g/mol. The number of hydrogen-bond acceptors (Lipinski definition) is 6. The van der Waals surface area contributed by atoms with Crippen molar-refractivity contribution in [3.05, 3.63) is 18.2 Å². The summed E-state index contributed by atoms with van der Waals surface area (Å²) in [6.45, 7) is 3.90. The number of carbonyl (C=O) groups excluding carboxylic acids is 2. The van der Waals surface area contributed by atoms with Crippen molar-refractivity contribution in [3.63, 3.8) is 0 Å². The fraction of sp³-hybridized carbons (Fsp3) is 0.611. The molecule has 168 valence electrons. The van der Waals surface area contributed by atoms with Gasteiger partial charge in [-0.05, 0) is 18.8 Å². The van der Waals surface area contributed by atoms with E-state index in [4.69, 9.17) is 17.2 Å². The highest BCUT2D eigenvalue weighted by Crippen LogP contribution is 2.10. The lowest BCUT2D eigenvalue weighted by atomic mass is 9.97. The molecule has 12 nitrogen and oxygen atoms in total. The molecule has 0 aliphatic heterocycles. The number of aliphatic carboxylic acids is 1. The Balaban J connectivity index is 2.74. The maximum absolute atomic E-state index is 12.8. The Morgan fingerprint density at radius 1 is 1.27 bits per heavy atom. The second-order valence-electron chi connectivity index (χ2n) is 7.11. The number of aromatic nitrogens is 2. The molecule has 1 heterocycles. The van der Waals surface area contributed by atoms with Crippen molar-refractivity contribution in [2.75, 3.05) is 6.54 Å². The minimum atomic E-state index is -1.18. The van der Waals surface area contributed by atoms with Gasteiger partial charge in [0.1, 0.15) is 12.1 Å². The lowest BCUT2D eigenvalue weighted by molar-refractivity contribution is -0.142. The molecule has 0 bridgehead atoms. The van der Waals surface area contributed by atoms with Crippen molar-refractivity contribution in [3.8, 4) is 0 Å². The van der Waals surface area contributed by atoms with Crippen LogP contribution in [-0.4, -0.2) is 63.5 Å². The lowest BCUT2D eigenvalue weighted by Gasteiger charge is -2.26. The summed E-state index contributed by atoms with van der Waals surface area (Å²) in [5.41, 5.74) is 17.1. The minimum absolute atomic E-state index is 0.0862. The van der Waals surface area contributed by atoms with E-state index in [0.29, 0.717) is 18.5 Å². The number of carboxylic acids is 1. The van der Waals surface area contributed by atoms with Gasteiger partial charge in [-0.15, -0.1) is 0 Å². The first-order chi connectivity index (χ1) is 14.1. The second-order valence-corrected chi connectivity index (χ2v) is 7.11. The van der Waals surface area contributed by atoms with Gasteiger partial charge in [0.15, 0.2) is 5.96 Å². The zero-order valence-electron chi connectivity index (χ0n) is 17.3. The first-order valence-electron chi connectivity index (χ1n) is 9.77. The van der Waals surface area contributed by atoms with Gasteiger partial charge >= 0.3 is 5.97 Å². The highest BCUT2D eigenvalue weighted by molar-refractivity contribution is 5.92. The second kappa shape index (κ2) is 12.4. The Bertz CT molecular complexity index is 718. The number of hydrogen-bond donors (Lipinski definition) is 7. The third kappa shape index (κ3) is 8.47. The van der Waals surface area contributed by atoms with Crippen molar-refractivity contribution in [1.29, 1.82) is 0 Å². The number of nitrogens with one attached hydrogen (secondary N) is 3. The maximum Gasteiger partial charge on any atom is 0.326 e. The maximum atomic E-state index is 12.8. The van der Waals surface area contributed by atoms with Gasteiger partial charge in [0.05, 0.1) is 12.4 Å². The van der Waals surface area contributed by atoms with E-state index in [1.807, 2.05) is 6.92 Å². The van der Waals surface area contributed by atoms with Crippen LogP contribution in [0.2, 0.25) is 0 Å². The molecule has 0 saturated carbocycles. The highest BCUT2D eigenvalue weighted by atomic mass is 16.4. The van der Waals surface area contributed by atoms with Gasteiger partial charge in [0.2, 0.25) is 11.8 Å². The van der Waals surface area contributed by atoms with Crippen LogP contribution in [0.5, 0.6) is 0 Å². The third-order valence-corrected chi connectivity index (χ3v) is 4.68. The molecule has 4 atom stereocenters. The van der Waals surface area contributed by atoms with Crippen LogP contribution in [0.15, 0.2) is 17.5 Å². The van der Waals surface area contributed by atoms with Crippen LogP contribution in [0.25, 0.3) is 0 Å². The average molecular weight is 425 g/mol. The molecule has 1 aromatic rings. The number of H-pyrrole nitrogens is 1. The Morgan fingerprint density at radius 2 is 1.97 bits per heavy atom. The normalized spacial score (nSPS) is 14.8. The van der Waals surface area contributed by atoms with Crippen molar-refractivity contribution < 1.29 is 19.5 Å². The highest BCUT2D eigenvalue weighted by Gasteiger charge is 2.31. The van der Waals surface area contributed by atoms with Crippen LogP contribution in [0.1, 0.15) is 38.8 Å². The fourth-order valence-corrected chi connectivity index (χ4v) is 2.71. The van der Waals surface area contributed by atoms with Crippen LogP contribution >= 0.6 is 0 Å². The van der Waals surface area contributed by atoms with Gasteiger partial charge in [-0.1, -0.05) is 20.3 Å². The number of amides is 2. The molecule has 30 heavy (non-hydrogen) atoms. The van der Waals surface area contributed by atoms with Crippen molar-refractivity contribution in [1.82, 2.24) is 20.6 Å². The SMILES string of the molecule is CC[C@H](C)[C@H](NC(=O)[C@@H](N)Cc1cnc[nH]1)C(=O)N[C@@H](CCCN=C(N)N)C(=O)O. The van der Waals surface area contributed by atoms with E-state index in [2.05, 4.69) is 25.6 Å². The van der Waals surface area contributed by atoms with Gasteiger partial charge in [-0.2, -0.15) is 0 Å². The first-order valence-corrected chi connectivity index (χ1v) is 9.77. The van der Waals surface area contributed by atoms with E-state index in [9.17, 15) is 19.5 Å². The number of aliphatic imine (C=N–C) groups is 1. The van der Waals surface area contributed by atoms with E-state index in [1.165, 1.54) is 6.33 Å². The van der Waals surface area contributed by atoms with E-state index < -0.39 is 35.9 Å². The van der Waals surface area contributed by atoms with Crippen LogP contribution in [0, 0.1) is 5.92 Å². The Hall–Kier alpha value is -3.15. The van der Waals surface area contributed by atoms with Crippen molar-refractivity contribution in [2.45, 2.75) is 57.7 Å². The Labute approximate surface area is 175 Å². The molecule has 0 aliphatic carbocycles. The summed E-state index contributed by atoms with van der Waals surface area (Å²) in [7, 11) is 0. The summed E-state index contributed by atoms with van der Waals surface area (Å²) >= 11 is 0. The van der Waals surface area contributed by atoms with Crippen LogP contribution in [0.3, 0.4) is 0 Å². The number of guanidine groups is 1. The molecule has 0 aliphatic rings. The Morgan fingerprint density at radius 3 is 2.50 bits per heavy atom. The van der Waals surface area contributed by atoms with Crippen LogP contribution < -0.4 is 27.8 Å². The summed E-state index contributed by atoms with van der Waals surface area (Å²) < 4.78 is 0. The fourth-order valence-electron chi connectivity index (χ4n) is 2.71. The summed E-state index contributed by atoms with van der Waals surface area (Å²) in [5, 5.41) is 14.5. The predicted octanol–water partition coefficient (Wildman–Crippen LogP) is -1.57. The summed E-state index contributed by atoms with van der Waals surface area (Å²) in [6, 6.07) is -2.94. The van der Waals surface area contributed by atoms with Gasteiger partial charge in [0.25, 0.3) is 0 Å². The Kier molecular flexibility index (Phi) is 10.3. The lowest BCUT2D eigenvalue weighted by Crippen LogP contribution is -2.57. The topological polar surface area (TPSA) is 215 Å². The first kappa shape index (κ1) is 24.9. The number of rotatable bonds is 13. The third-order valence-electron chi connectivity index (χ3n) is 4.68. The molecule has 0 saturated heterocycles. The molecule has 0 aromatic carbocycles. The number of nitrogens with two attached hydrogens (primary N) is 3. The molecule has 1 aromatic heterocycles. The van der Waals surface area contributed by atoms with E-state index >= 15 is 0 Å². The van der Waals surface area contributed by atoms with Gasteiger partial charge in [0, 0.05) is 24.9 Å². The molecule has 10 N–H and O–H groups in total. The summed E-state index contributed by atoms with van der Waals surface area (Å²) in [6.07, 6.45) is 4.36. The smallest absolute Gasteiger partial charge is 0.326 e. The number of carbonyl (C=O) groups is 3. The van der Waals surface area contributed by atoms with Crippen molar-refractivity contribution in [2.24, 2.45) is 28.1 Å². The molecule has 0 spiro atoms. The zero-order chi connectivity index (χ0) is 22.7. The quantitative estimate of drug-likeness (QED) is 0.111. The van der Waals surface area contributed by atoms with Gasteiger partial charge in [-0.3, -0.25) is 14.6 Å². The van der Waals surface area contributed by atoms with E-state index in [-0.39, 0.29) is 31.3 Å². The zero-order valence-corrected chi connectivity index (χ0v) is 17.3. The number of imidazole rings is 1. The van der Waals surface area contributed by atoms with E-state index in [0.717, 1.165) is 0 Å². The number of carboxylic acid groups (broad SMARTS) is 1. The van der Waals surface area contributed by atoms with Gasteiger partial charge < -0.3 is 37.9 Å². The molecular weight excluding hydrogens is 392 g/mol. The van der Waals surface area contributed by atoms with Gasteiger partial charge in [-0.25, -0.2) is 9.78 Å². The molecule has 12 heteroatoms. The largest absolute Gasteiger partial charge is 0.480 e. The molecular formula is C18H32N8O4. The molecule has 0 fully saturated rings. The van der Waals surface area contributed by atoms with Crippen molar-refractivity contribution >= 4 is 23.7 Å². The summed E-state index contributed by atoms with van der Waals surface area (Å²) in [4.78, 5) is 47.3. The minimum Gasteiger partial charge on any atom is -0.480 e.